The van der Waals surface area contributed by atoms with Crippen LogP contribution < -0.4 is 11.1 Å². The summed E-state index contributed by atoms with van der Waals surface area (Å²) in [5, 5.41) is 17.2. The summed E-state index contributed by atoms with van der Waals surface area (Å²) >= 11 is 2.79. The van der Waals surface area contributed by atoms with Crippen molar-refractivity contribution in [2.45, 2.75) is 12.5 Å². The first-order valence-corrected chi connectivity index (χ1v) is 7.59. The number of aliphatic carboxylic acids is 1. The van der Waals surface area contributed by atoms with Gasteiger partial charge in [-0.3, -0.25) is 9.59 Å². The van der Waals surface area contributed by atoms with E-state index in [0.29, 0.717) is 5.01 Å². The Balaban J connectivity index is 2.09. The molecule has 0 saturated heterocycles. The average molecular weight is 325 g/mol. The number of carboxylic acids is 1. The second-order valence-electron chi connectivity index (χ2n) is 4.08. The van der Waals surface area contributed by atoms with Crippen LogP contribution in [-0.4, -0.2) is 33.9 Å². The Morgan fingerprint density at radius 2 is 2.14 bits per heavy atom. The number of nitrogens with zero attached hydrogens (tertiary/aromatic N) is 1. The van der Waals surface area contributed by atoms with Crippen molar-refractivity contribution in [1.29, 1.82) is 0 Å². The summed E-state index contributed by atoms with van der Waals surface area (Å²) in [6.45, 7) is 0. The minimum absolute atomic E-state index is 0.108. The number of nitrogens with two attached hydrogens (primary N) is 1. The normalized spacial score (nSPS) is 11.8. The molecule has 2 rings (SSSR count). The van der Waals surface area contributed by atoms with Crippen LogP contribution in [-0.2, 0) is 9.59 Å². The molecule has 110 valence electrons. The van der Waals surface area contributed by atoms with Gasteiger partial charge < -0.3 is 16.2 Å². The molecular weight excluding hydrogens is 314 g/mol. The summed E-state index contributed by atoms with van der Waals surface area (Å²) in [4.78, 5) is 37.8. The van der Waals surface area contributed by atoms with Crippen LogP contribution in [0.2, 0.25) is 0 Å². The molecular formula is C12H11N3O4S2. The van der Waals surface area contributed by atoms with Crippen molar-refractivity contribution >= 4 is 40.5 Å². The number of hydrogen-bond donors (Lipinski definition) is 3. The molecule has 21 heavy (non-hydrogen) atoms. The summed E-state index contributed by atoms with van der Waals surface area (Å²) in [5.74, 6) is -2.78. The Morgan fingerprint density at radius 3 is 2.71 bits per heavy atom. The molecule has 0 aromatic carbocycles. The second-order valence-corrected chi connectivity index (χ2v) is 5.72. The number of carbonyl (C=O) groups is 3. The molecule has 0 spiro atoms. The van der Waals surface area contributed by atoms with E-state index >= 15 is 0 Å². The molecule has 2 aromatic heterocycles. The highest BCUT2D eigenvalue weighted by Crippen LogP contribution is 2.25. The van der Waals surface area contributed by atoms with Crippen LogP contribution >= 0.6 is 22.7 Å². The Bertz CT molecular complexity index is 666. The number of carbonyl (C=O) groups excluding carboxylic acids is 2. The van der Waals surface area contributed by atoms with Crippen LogP contribution in [0, 0.1) is 0 Å². The molecule has 0 radical (unpaired) electrons. The van der Waals surface area contributed by atoms with Gasteiger partial charge in [-0.2, -0.15) is 11.3 Å². The number of rotatable bonds is 6. The van der Waals surface area contributed by atoms with Crippen LogP contribution in [0.15, 0.2) is 22.2 Å². The fourth-order valence-electron chi connectivity index (χ4n) is 1.53. The van der Waals surface area contributed by atoms with Crippen molar-refractivity contribution in [2.24, 2.45) is 5.73 Å². The van der Waals surface area contributed by atoms with Gasteiger partial charge in [0.2, 0.25) is 5.91 Å². The van der Waals surface area contributed by atoms with Crippen molar-refractivity contribution in [3.05, 3.63) is 27.9 Å². The Morgan fingerprint density at radius 1 is 1.38 bits per heavy atom. The molecule has 9 heteroatoms. The van der Waals surface area contributed by atoms with Gasteiger partial charge >= 0.3 is 5.97 Å². The molecule has 2 amide bonds. The third-order valence-electron chi connectivity index (χ3n) is 2.51. The van der Waals surface area contributed by atoms with Gasteiger partial charge in [0.05, 0.1) is 6.42 Å². The van der Waals surface area contributed by atoms with Gasteiger partial charge in [0.1, 0.15) is 16.7 Å². The Labute approximate surface area is 127 Å². The number of carboxylic acid groups (broad SMARTS) is 1. The third kappa shape index (κ3) is 3.86. The zero-order chi connectivity index (χ0) is 15.4. The molecule has 0 fully saturated rings. The van der Waals surface area contributed by atoms with E-state index in [4.69, 9.17) is 10.8 Å². The number of aromatic nitrogens is 1. The molecule has 1 atom stereocenters. The third-order valence-corrected chi connectivity index (χ3v) is 4.09. The van der Waals surface area contributed by atoms with Crippen LogP contribution in [0.25, 0.3) is 10.6 Å². The number of nitrogens with one attached hydrogen (secondary N) is 1. The SMILES string of the molecule is NC(=O)C[C@H](NC(=O)c1csc(-c2ccsc2)n1)C(=O)O. The first-order chi connectivity index (χ1) is 9.97. The Kier molecular flexibility index (Phi) is 4.66. The summed E-state index contributed by atoms with van der Waals surface area (Å²) in [5.41, 5.74) is 5.96. The van der Waals surface area contributed by atoms with Crippen LogP contribution in [0.3, 0.4) is 0 Å². The van der Waals surface area contributed by atoms with E-state index in [1.54, 1.807) is 0 Å². The van der Waals surface area contributed by atoms with E-state index in [1.165, 1.54) is 28.1 Å². The maximum Gasteiger partial charge on any atom is 0.326 e. The van der Waals surface area contributed by atoms with Crippen molar-refractivity contribution < 1.29 is 19.5 Å². The molecule has 0 aliphatic heterocycles. The lowest BCUT2D eigenvalue weighted by Crippen LogP contribution is -2.43. The predicted octanol–water partition coefficient (Wildman–Crippen LogP) is 0.930. The van der Waals surface area contributed by atoms with Gasteiger partial charge in [-0.05, 0) is 11.4 Å². The van der Waals surface area contributed by atoms with Crippen LogP contribution in [0.5, 0.6) is 0 Å². The minimum Gasteiger partial charge on any atom is -0.480 e. The van der Waals surface area contributed by atoms with Gasteiger partial charge in [0.25, 0.3) is 5.91 Å². The maximum absolute atomic E-state index is 11.9. The standard InChI is InChI=1S/C12H11N3O4S2/c13-9(16)3-7(12(18)19)14-10(17)8-5-21-11(15-8)6-1-2-20-4-6/h1-2,4-5,7H,3H2,(H2,13,16)(H,14,17)(H,18,19)/t7-/m0/s1. The fraction of sp³-hybridized carbons (Fsp3) is 0.167. The number of amides is 2. The smallest absolute Gasteiger partial charge is 0.326 e. The van der Waals surface area contributed by atoms with Gasteiger partial charge in [-0.1, -0.05) is 0 Å². The summed E-state index contributed by atoms with van der Waals surface area (Å²) in [6.07, 6.45) is -0.470. The highest BCUT2D eigenvalue weighted by Gasteiger charge is 2.24. The lowest BCUT2D eigenvalue weighted by molar-refractivity contribution is -0.140. The average Bonchev–Trinajstić information content (AvgIpc) is 3.08. The molecule has 0 aliphatic rings. The monoisotopic (exact) mass is 325 g/mol. The number of primary amides is 1. The fourth-order valence-corrected chi connectivity index (χ4v) is 3.04. The number of thiazole rings is 1. The van der Waals surface area contributed by atoms with Crippen LogP contribution in [0.1, 0.15) is 16.9 Å². The predicted molar refractivity (Wildman–Crippen MR) is 78.1 cm³/mol. The highest BCUT2D eigenvalue weighted by molar-refractivity contribution is 7.14. The van der Waals surface area contributed by atoms with E-state index < -0.39 is 30.2 Å². The zero-order valence-corrected chi connectivity index (χ0v) is 12.2. The second kappa shape index (κ2) is 6.46. The number of thiophene rings is 1. The maximum atomic E-state index is 11.9. The van der Waals surface area contributed by atoms with Crippen LogP contribution in [0.4, 0.5) is 0 Å². The van der Waals surface area contributed by atoms with Crippen molar-refractivity contribution in [3.8, 4) is 10.6 Å². The molecule has 7 nitrogen and oxygen atoms in total. The van der Waals surface area contributed by atoms with Gasteiger partial charge in [-0.15, -0.1) is 11.3 Å². The molecule has 4 N–H and O–H groups in total. The van der Waals surface area contributed by atoms with Crippen molar-refractivity contribution in [2.75, 3.05) is 0 Å². The summed E-state index contributed by atoms with van der Waals surface area (Å²) in [7, 11) is 0. The Hall–Kier alpha value is -2.26. The quantitative estimate of drug-likeness (QED) is 0.729. The first-order valence-electron chi connectivity index (χ1n) is 5.77. The molecule has 0 bridgehead atoms. The summed E-state index contributed by atoms with van der Waals surface area (Å²) < 4.78 is 0. The minimum atomic E-state index is -1.36. The van der Waals surface area contributed by atoms with E-state index in [1.807, 2.05) is 16.8 Å². The first kappa shape index (κ1) is 15.1. The molecule has 0 saturated carbocycles. The van der Waals surface area contributed by atoms with Gasteiger partial charge in [0.15, 0.2) is 0 Å². The molecule has 2 aromatic rings. The van der Waals surface area contributed by atoms with Gasteiger partial charge in [0, 0.05) is 16.3 Å². The van der Waals surface area contributed by atoms with Crippen molar-refractivity contribution in [3.63, 3.8) is 0 Å². The topological polar surface area (TPSA) is 122 Å². The van der Waals surface area contributed by atoms with E-state index in [-0.39, 0.29) is 5.69 Å². The molecule has 2 heterocycles. The molecule has 0 unspecified atom stereocenters. The lowest BCUT2D eigenvalue weighted by Gasteiger charge is -2.11. The van der Waals surface area contributed by atoms with E-state index in [2.05, 4.69) is 10.3 Å². The lowest BCUT2D eigenvalue weighted by atomic mass is 10.2. The highest BCUT2D eigenvalue weighted by atomic mass is 32.1. The number of hydrogen-bond acceptors (Lipinski definition) is 6. The largest absolute Gasteiger partial charge is 0.480 e. The molecule has 0 aliphatic carbocycles. The van der Waals surface area contributed by atoms with E-state index in [0.717, 1.165) is 5.56 Å². The van der Waals surface area contributed by atoms with Crippen molar-refractivity contribution in [1.82, 2.24) is 10.3 Å². The zero-order valence-electron chi connectivity index (χ0n) is 10.6. The van der Waals surface area contributed by atoms with E-state index in [9.17, 15) is 14.4 Å². The summed E-state index contributed by atoms with van der Waals surface area (Å²) in [6, 6.07) is 0.513. The van der Waals surface area contributed by atoms with Gasteiger partial charge in [-0.25, -0.2) is 9.78 Å².